The molecular weight excluding hydrogens is 378 g/mol. The number of amides is 2. The van der Waals surface area contributed by atoms with E-state index in [0.29, 0.717) is 19.8 Å². The molecule has 6 nitrogen and oxygen atoms in total. The summed E-state index contributed by atoms with van der Waals surface area (Å²) in [6, 6.07) is 8.30. The van der Waals surface area contributed by atoms with E-state index in [1.807, 2.05) is 25.1 Å². The molecule has 0 bridgehead atoms. The summed E-state index contributed by atoms with van der Waals surface area (Å²) in [5, 5.41) is 6.90. The van der Waals surface area contributed by atoms with Crippen molar-refractivity contribution >= 4 is 16.9 Å². The number of nitrogens with zero attached hydrogens (tertiary/aromatic N) is 1. The van der Waals surface area contributed by atoms with Gasteiger partial charge in [-0.15, -0.1) is 0 Å². The topological polar surface area (TPSA) is 72.5 Å². The Hall–Kier alpha value is -2.34. The molecule has 1 heterocycles. The summed E-state index contributed by atoms with van der Waals surface area (Å²) in [4.78, 5) is 16.6. The molecule has 1 aromatic heterocycles. The first kappa shape index (κ1) is 22.3. The van der Waals surface area contributed by atoms with Crippen molar-refractivity contribution < 1.29 is 14.3 Å². The smallest absolute Gasteiger partial charge is 0.314 e. The average molecular weight is 414 g/mol. The summed E-state index contributed by atoms with van der Waals surface area (Å²) in [6.45, 7) is 8.02. The van der Waals surface area contributed by atoms with Crippen LogP contribution in [-0.2, 0) is 11.3 Å². The highest BCUT2D eigenvalue weighted by Crippen LogP contribution is 2.31. The molecule has 3 rings (SSSR count). The third-order valence-electron chi connectivity index (χ3n) is 5.72. The fourth-order valence-electron chi connectivity index (χ4n) is 3.94. The minimum absolute atomic E-state index is 0.0755. The summed E-state index contributed by atoms with van der Waals surface area (Å²) in [5.41, 5.74) is 2.96. The van der Waals surface area contributed by atoms with Crippen LogP contribution in [0.3, 0.4) is 0 Å². The van der Waals surface area contributed by atoms with Crippen LogP contribution < -0.4 is 15.4 Å². The Morgan fingerprint density at radius 3 is 2.67 bits per heavy atom. The highest BCUT2D eigenvalue weighted by atomic mass is 16.5. The first-order valence-electron chi connectivity index (χ1n) is 11.3. The summed E-state index contributed by atoms with van der Waals surface area (Å²) in [6.07, 6.45) is 6.13. The molecule has 1 aromatic carbocycles. The molecule has 1 aliphatic carbocycles. The van der Waals surface area contributed by atoms with E-state index in [1.165, 1.54) is 0 Å². The number of carbonyl (C=O) groups is 1. The number of unbranched alkanes of at least 4 members (excludes halogenated alkanes) is 1. The van der Waals surface area contributed by atoms with E-state index in [1.54, 1.807) is 0 Å². The second-order valence-electron chi connectivity index (χ2n) is 8.02. The molecule has 0 spiro atoms. The Bertz CT molecular complexity index is 832. The standard InChI is InChI=1S/C24H35N3O3/c1-4-6-15-29-23-17(3)22(27-21-10-8-7-9-20(21)23)16-30-19-13-11-18(12-14-19)26-24(28)25-5-2/h7-10,18-19H,4-6,11-16H2,1-3H3,(H2,25,26,28)/t18-,19-. The van der Waals surface area contributed by atoms with Crippen LogP contribution >= 0.6 is 0 Å². The van der Waals surface area contributed by atoms with Crippen LogP contribution in [0.25, 0.3) is 10.9 Å². The van der Waals surface area contributed by atoms with Crippen LogP contribution in [0.2, 0.25) is 0 Å². The lowest BCUT2D eigenvalue weighted by Crippen LogP contribution is -2.44. The van der Waals surface area contributed by atoms with Crippen molar-refractivity contribution in [2.45, 2.75) is 78.0 Å². The van der Waals surface area contributed by atoms with Crippen molar-refractivity contribution in [1.82, 2.24) is 15.6 Å². The van der Waals surface area contributed by atoms with E-state index in [0.717, 1.165) is 66.4 Å². The molecule has 30 heavy (non-hydrogen) atoms. The molecule has 2 aromatic rings. The molecule has 0 aliphatic heterocycles. The number of nitrogens with one attached hydrogen (secondary N) is 2. The highest BCUT2D eigenvalue weighted by Gasteiger charge is 2.23. The van der Waals surface area contributed by atoms with Crippen LogP contribution in [-0.4, -0.2) is 36.3 Å². The molecule has 2 amide bonds. The quantitative estimate of drug-likeness (QED) is 0.575. The molecule has 0 atom stereocenters. The zero-order valence-electron chi connectivity index (χ0n) is 18.5. The number of fused-ring (bicyclic) bond motifs is 1. The van der Waals surface area contributed by atoms with Crippen molar-refractivity contribution in [3.63, 3.8) is 0 Å². The van der Waals surface area contributed by atoms with Gasteiger partial charge in [0.2, 0.25) is 0 Å². The molecule has 1 saturated carbocycles. The second-order valence-corrected chi connectivity index (χ2v) is 8.02. The summed E-state index contributed by atoms with van der Waals surface area (Å²) in [5.74, 6) is 0.933. The van der Waals surface area contributed by atoms with E-state index in [2.05, 4.69) is 30.5 Å². The molecule has 1 aliphatic rings. The fraction of sp³-hybridized carbons (Fsp3) is 0.583. The Balaban J connectivity index is 1.61. The van der Waals surface area contributed by atoms with Gasteiger partial charge in [-0.3, -0.25) is 0 Å². The number of aromatic nitrogens is 1. The number of ether oxygens (including phenoxy) is 2. The van der Waals surface area contributed by atoms with Gasteiger partial charge in [-0.1, -0.05) is 25.5 Å². The maximum atomic E-state index is 11.7. The van der Waals surface area contributed by atoms with E-state index < -0.39 is 0 Å². The van der Waals surface area contributed by atoms with Crippen LogP contribution in [0.1, 0.15) is 63.6 Å². The third-order valence-corrected chi connectivity index (χ3v) is 5.72. The van der Waals surface area contributed by atoms with Gasteiger partial charge in [0, 0.05) is 23.5 Å². The van der Waals surface area contributed by atoms with Crippen LogP contribution in [0.4, 0.5) is 4.79 Å². The Morgan fingerprint density at radius 2 is 1.93 bits per heavy atom. The first-order chi connectivity index (χ1) is 14.6. The van der Waals surface area contributed by atoms with Crippen LogP contribution in [0.15, 0.2) is 24.3 Å². The summed E-state index contributed by atoms with van der Waals surface area (Å²) >= 11 is 0. The number of carbonyl (C=O) groups excluding carboxylic acids is 1. The Morgan fingerprint density at radius 1 is 1.17 bits per heavy atom. The predicted molar refractivity (Wildman–Crippen MR) is 120 cm³/mol. The number of rotatable bonds is 9. The van der Waals surface area contributed by atoms with Crippen LogP contribution in [0, 0.1) is 6.92 Å². The minimum Gasteiger partial charge on any atom is -0.493 e. The largest absolute Gasteiger partial charge is 0.493 e. The maximum absolute atomic E-state index is 11.7. The third kappa shape index (κ3) is 5.85. The van der Waals surface area contributed by atoms with Gasteiger partial charge in [0.05, 0.1) is 30.5 Å². The van der Waals surface area contributed by atoms with Crippen molar-refractivity contribution in [2.75, 3.05) is 13.2 Å². The lowest BCUT2D eigenvalue weighted by molar-refractivity contribution is 0.0103. The monoisotopic (exact) mass is 413 g/mol. The number of hydrogen-bond donors (Lipinski definition) is 2. The normalized spacial score (nSPS) is 18.9. The molecule has 0 saturated heterocycles. The molecule has 6 heteroatoms. The van der Waals surface area contributed by atoms with Crippen molar-refractivity contribution in [2.24, 2.45) is 0 Å². The zero-order valence-corrected chi connectivity index (χ0v) is 18.5. The minimum atomic E-state index is -0.0755. The number of benzene rings is 1. The average Bonchev–Trinajstić information content (AvgIpc) is 2.75. The van der Waals surface area contributed by atoms with E-state index >= 15 is 0 Å². The number of urea groups is 1. The van der Waals surface area contributed by atoms with Crippen molar-refractivity contribution in [3.05, 3.63) is 35.5 Å². The van der Waals surface area contributed by atoms with Gasteiger partial charge in [-0.25, -0.2) is 9.78 Å². The molecule has 1 fully saturated rings. The van der Waals surface area contributed by atoms with Gasteiger partial charge >= 0.3 is 6.03 Å². The van der Waals surface area contributed by atoms with Crippen molar-refractivity contribution in [1.29, 1.82) is 0 Å². The van der Waals surface area contributed by atoms with Crippen LogP contribution in [0.5, 0.6) is 5.75 Å². The Labute approximate surface area is 179 Å². The van der Waals surface area contributed by atoms with Gasteiger partial charge in [0.25, 0.3) is 0 Å². The molecule has 2 N–H and O–H groups in total. The number of hydrogen-bond acceptors (Lipinski definition) is 4. The predicted octanol–water partition coefficient (Wildman–Crippen LogP) is 4.87. The lowest BCUT2D eigenvalue weighted by Gasteiger charge is -2.29. The molecule has 164 valence electrons. The second kappa shape index (κ2) is 11.2. The van der Waals surface area contributed by atoms with Gasteiger partial charge < -0.3 is 20.1 Å². The van der Waals surface area contributed by atoms with E-state index in [-0.39, 0.29) is 18.2 Å². The SMILES string of the molecule is CCCCOc1c(C)c(CO[C@H]2CC[C@H](NC(=O)NCC)CC2)nc2ccccc12. The van der Waals surface area contributed by atoms with Gasteiger partial charge in [0.1, 0.15) is 5.75 Å². The van der Waals surface area contributed by atoms with Gasteiger partial charge in [-0.2, -0.15) is 0 Å². The molecular formula is C24H35N3O3. The Kier molecular flexibility index (Phi) is 8.31. The van der Waals surface area contributed by atoms with Gasteiger partial charge in [0.15, 0.2) is 0 Å². The van der Waals surface area contributed by atoms with Gasteiger partial charge in [-0.05, 0) is 58.1 Å². The summed E-state index contributed by atoms with van der Waals surface area (Å²) < 4.78 is 12.4. The van der Waals surface area contributed by atoms with Crippen molar-refractivity contribution in [3.8, 4) is 5.75 Å². The number of para-hydroxylation sites is 1. The highest BCUT2D eigenvalue weighted by molar-refractivity contribution is 5.86. The lowest BCUT2D eigenvalue weighted by atomic mass is 9.93. The zero-order chi connectivity index (χ0) is 21.3. The summed E-state index contributed by atoms with van der Waals surface area (Å²) in [7, 11) is 0. The first-order valence-corrected chi connectivity index (χ1v) is 11.3. The molecule has 0 radical (unpaired) electrons. The number of pyridine rings is 1. The van der Waals surface area contributed by atoms with E-state index in [4.69, 9.17) is 14.5 Å². The van der Waals surface area contributed by atoms with E-state index in [9.17, 15) is 4.79 Å². The molecule has 0 unspecified atom stereocenters. The maximum Gasteiger partial charge on any atom is 0.314 e. The fourth-order valence-corrected chi connectivity index (χ4v) is 3.94.